The Morgan fingerprint density at radius 1 is 0.969 bits per heavy atom. The Bertz CT molecular complexity index is 1230. The molecule has 13 heteroatoms. The van der Waals surface area contributed by atoms with Crippen molar-refractivity contribution in [2.24, 2.45) is 0 Å². The van der Waals surface area contributed by atoms with Crippen molar-refractivity contribution < 1.29 is 26.4 Å². The van der Waals surface area contributed by atoms with Crippen molar-refractivity contribution in [2.45, 2.75) is 34.6 Å². The third-order valence-electron chi connectivity index (χ3n) is 4.64. The Kier molecular flexibility index (Phi) is 7.15. The number of amides is 2. The van der Waals surface area contributed by atoms with Gasteiger partial charge < -0.3 is 5.32 Å². The molecule has 1 aliphatic rings. The first-order valence-corrected chi connectivity index (χ1v) is 13.0. The van der Waals surface area contributed by atoms with E-state index in [-0.39, 0.29) is 28.4 Å². The zero-order chi connectivity index (χ0) is 23.7. The summed E-state index contributed by atoms with van der Waals surface area (Å²) in [6.07, 6.45) is 0.106. The van der Waals surface area contributed by atoms with Crippen molar-refractivity contribution in [2.75, 3.05) is 11.9 Å². The average molecular weight is 520 g/mol. The van der Waals surface area contributed by atoms with Gasteiger partial charge >= 0.3 is 0 Å². The Morgan fingerprint density at radius 3 is 2.09 bits per heavy atom. The van der Waals surface area contributed by atoms with E-state index >= 15 is 0 Å². The number of alkyl halides is 1. The Balaban J connectivity index is 1.79. The van der Waals surface area contributed by atoms with Gasteiger partial charge in [0.15, 0.2) is 0 Å². The van der Waals surface area contributed by atoms with Crippen molar-refractivity contribution in [1.82, 2.24) is 9.03 Å². The molecule has 2 atom stereocenters. The molecule has 0 spiro atoms. The fraction of sp³-hybridized carbons (Fsp3) is 0.263. The molecule has 0 bridgehead atoms. The first-order chi connectivity index (χ1) is 14.9. The maximum Gasteiger partial charge on any atom is 0.264 e. The third kappa shape index (κ3) is 5.41. The van der Waals surface area contributed by atoms with E-state index in [1.807, 2.05) is 4.72 Å². The number of hydrogen-bond acceptors (Lipinski definition) is 6. The molecule has 1 fully saturated rings. The van der Waals surface area contributed by atoms with E-state index in [4.69, 9.17) is 23.2 Å². The summed E-state index contributed by atoms with van der Waals surface area (Å²) >= 11 is 12.0. The van der Waals surface area contributed by atoms with E-state index < -0.39 is 43.3 Å². The molecule has 2 amide bonds. The third-order valence-corrected chi connectivity index (χ3v) is 8.54. The number of hydrogen-bond donors (Lipinski definition) is 2. The molecule has 0 unspecified atom stereocenters. The van der Waals surface area contributed by atoms with Gasteiger partial charge in [0.25, 0.3) is 10.0 Å². The maximum atomic E-state index is 13.0. The lowest BCUT2D eigenvalue weighted by atomic mass is 10.2. The van der Waals surface area contributed by atoms with Crippen LogP contribution < -0.4 is 10.0 Å². The lowest BCUT2D eigenvalue weighted by Gasteiger charge is -2.23. The molecule has 0 saturated carbocycles. The minimum absolute atomic E-state index is 0.0157. The van der Waals surface area contributed by atoms with Crippen LogP contribution in [0.2, 0.25) is 5.02 Å². The highest BCUT2D eigenvalue weighted by atomic mass is 35.5. The van der Waals surface area contributed by atoms with Crippen LogP contribution in [-0.4, -0.2) is 50.9 Å². The number of benzene rings is 2. The number of nitrogens with zero attached hydrogens (tertiary/aromatic N) is 1. The molecular weight excluding hydrogens is 501 g/mol. The van der Waals surface area contributed by atoms with Gasteiger partial charge in [-0.25, -0.2) is 21.6 Å². The quantitative estimate of drug-likeness (QED) is 0.562. The predicted molar refractivity (Wildman–Crippen MR) is 119 cm³/mol. The summed E-state index contributed by atoms with van der Waals surface area (Å²) in [5, 5.41) is 2.40. The first-order valence-electron chi connectivity index (χ1n) is 9.26. The van der Waals surface area contributed by atoms with E-state index in [1.165, 1.54) is 48.5 Å². The standard InChI is InChI=1S/C19H19Cl2N3O6S2/c1-12(25)23-31(27,28)16-8-4-15(5-9-16)22-19(26)18-10-14(21)11-24(18)32(29,30)17-6-2-13(20)3-7-17/h2-9,14,18H,10-11H2,1H3,(H,22,26)(H,23,25)/t14-,18+/m1/s1. The molecule has 32 heavy (non-hydrogen) atoms. The molecule has 172 valence electrons. The fourth-order valence-electron chi connectivity index (χ4n) is 3.19. The molecule has 0 aromatic heterocycles. The topological polar surface area (TPSA) is 130 Å². The van der Waals surface area contributed by atoms with Gasteiger partial charge in [0.1, 0.15) is 6.04 Å². The molecule has 9 nitrogen and oxygen atoms in total. The van der Waals surface area contributed by atoms with Crippen LogP contribution in [0.1, 0.15) is 13.3 Å². The van der Waals surface area contributed by atoms with Gasteiger partial charge in [-0.3, -0.25) is 9.59 Å². The van der Waals surface area contributed by atoms with Gasteiger partial charge in [0, 0.05) is 29.6 Å². The van der Waals surface area contributed by atoms with E-state index in [0.717, 1.165) is 11.2 Å². The summed E-state index contributed by atoms with van der Waals surface area (Å²) in [7, 11) is -8.02. The van der Waals surface area contributed by atoms with E-state index in [0.29, 0.717) is 5.02 Å². The second-order valence-corrected chi connectivity index (χ2v) is 11.7. The van der Waals surface area contributed by atoms with Gasteiger partial charge in [-0.05, 0) is 55.0 Å². The largest absolute Gasteiger partial charge is 0.325 e. The lowest BCUT2D eigenvalue weighted by molar-refractivity contribution is -0.119. The normalized spacial score (nSPS) is 19.5. The number of nitrogens with one attached hydrogen (secondary N) is 2. The minimum Gasteiger partial charge on any atom is -0.325 e. The summed E-state index contributed by atoms with van der Waals surface area (Å²) in [5.74, 6) is -1.34. The van der Waals surface area contributed by atoms with Crippen molar-refractivity contribution in [3.8, 4) is 0 Å². The van der Waals surface area contributed by atoms with Crippen LogP contribution in [0.3, 0.4) is 0 Å². The monoisotopic (exact) mass is 519 g/mol. The van der Waals surface area contributed by atoms with Crippen LogP contribution in [0, 0.1) is 0 Å². The molecule has 2 aromatic carbocycles. The van der Waals surface area contributed by atoms with Crippen molar-refractivity contribution in [3.05, 3.63) is 53.6 Å². The highest BCUT2D eigenvalue weighted by Gasteiger charge is 2.43. The molecule has 1 saturated heterocycles. The molecular formula is C19H19Cl2N3O6S2. The first kappa shape index (κ1) is 24.5. The molecule has 0 radical (unpaired) electrons. The smallest absolute Gasteiger partial charge is 0.264 e. The second-order valence-electron chi connectivity index (χ2n) is 7.05. The number of anilines is 1. The Morgan fingerprint density at radius 2 is 1.53 bits per heavy atom. The number of halogens is 2. The van der Waals surface area contributed by atoms with E-state index in [2.05, 4.69) is 5.32 Å². The second kappa shape index (κ2) is 9.36. The zero-order valence-electron chi connectivity index (χ0n) is 16.7. The highest BCUT2D eigenvalue weighted by Crippen LogP contribution is 2.30. The highest BCUT2D eigenvalue weighted by molar-refractivity contribution is 7.90. The summed E-state index contributed by atoms with van der Waals surface area (Å²) in [6, 6.07) is 9.61. The number of carbonyl (C=O) groups excluding carboxylic acids is 2. The van der Waals surface area contributed by atoms with E-state index in [1.54, 1.807) is 0 Å². The number of rotatable bonds is 6. The van der Waals surface area contributed by atoms with Crippen LogP contribution >= 0.6 is 23.2 Å². The van der Waals surface area contributed by atoms with Gasteiger partial charge in [-0.2, -0.15) is 4.31 Å². The fourth-order valence-corrected chi connectivity index (χ4v) is 6.35. The SMILES string of the molecule is CC(=O)NS(=O)(=O)c1ccc(NC(=O)[C@@H]2C[C@@H](Cl)CN2S(=O)(=O)c2ccc(Cl)cc2)cc1. The average Bonchev–Trinajstić information content (AvgIpc) is 3.10. The van der Waals surface area contributed by atoms with Crippen molar-refractivity contribution in [3.63, 3.8) is 0 Å². The lowest BCUT2D eigenvalue weighted by Crippen LogP contribution is -2.43. The minimum atomic E-state index is -4.02. The van der Waals surface area contributed by atoms with Crippen LogP contribution in [0.25, 0.3) is 0 Å². The van der Waals surface area contributed by atoms with E-state index in [9.17, 15) is 26.4 Å². The van der Waals surface area contributed by atoms with Gasteiger partial charge in [0.05, 0.1) is 9.79 Å². The number of carbonyl (C=O) groups is 2. The molecule has 1 heterocycles. The van der Waals surface area contributed by atoms with Crippen LogP contribution in [0.5, 0.6) is 0 Å². The summed E-state index contributed by atoms with van der Waals surface area (Å²) < 4.78 is 53.0. The van der Waals surface area contributed by atoms with Crippen LogP contribution in [0.4, 0.5) is 5.69 Å². The van der Waals surface area contributed by atoms with Crippen LogP contribution in [-0.2, 0) is 29.6 Å². The van der Waals surface area contributed by atoms with Gasteiger partial charge in [-0.15, -0.1) is 11.6 Å². The zero-order valence-corrected chi connectivity index (χ0v) is 19.8. The summed E-state index contributed by atoms with van der Waals surface area (Å²) in [5.41, 5.74) is 0.249. The number of sulfonamides is 2. The summed E-state index contributed by atoms with van der Waals surface area (Å²) in [4.78, 5) is 23.7. The molecule has 0 aliphatic carbocycles. The predicted octanol–water partition coefficient (Wildman–Crippen LogP) is 2.17. The van der Waals surface area contributed by atoms with Gasteiger partial charge in [-0.1, -0.05) is 11.6 Å². The molecule has 2 aromatic rings. The summed E-state index contributed by atoms with van der Waals surface area (Å²) in [6.45, 7) is 1.03. The molecule has 2 N–H and O–H groups in total. The Hall–Kier alpha value is -2.18. The van der Waals surface area contributed by atoms with Gasteiger partial charge in [0.2, 0.25) is 21.8 Å². The van der Waals surface area contributed by atoms with Crippen molar-refractivity contribution in [1.29, 1.82) is 0 Å². The van der Waals surface area contributed by atoms with Crippen LogP contribution in [0.15, 0.2) is 58.3 Å². The molecule has 1 aliphatic heterocycles. The Labute approximate surface area is 195 Å². The maximum absolute atomic E-state index is 13.0. The molecule has 3 rings (SSSR count). The van der Waals surface area contributed by atoms with Crippen molar-refractivity contribution >= 4 is 60.8 Å².